The number of halogens is 3. The molecule has 152 valence electrons. The molecule has 0 atom stereocenters. The topological polar surface area (TPSA) is 94.0 Å². The van der Waals surface area contributed by atoms with Crippen molar-refractivity contribution in [2.45, 2.75) is 6.92 Å². The van der Waals surface area contributed by atoms with E-state index in [2.05, 4.69) is 30.7 Å². The molecule has 2 N–H and O–H groups in total. The van der Waals surface area contributed by atoms with E-state index in [-0.39, 0.29) is 13.1 Å². The highest BCUT2D eigenvalue weighted by atomic mass is 19.2. The molecule has 0 aliphatic rings. The zero-order valence-electron chi connectivity index (χ0n) is 15.5. The first-order valence-electron chi connectivity index (χ1n) is 8.50. The molecule has 0 fully saturated rings. The number of anilines is 1. The van der Waals surface area contributed by atoms with E-state index in [4.69, 9.17) is 0 Å². The Hall–Kier alpha value is -3.63. The Bertz CT molecular complexity index is 1020. The van der Waals surface area contributed by atoms with Crippen molar-refractivity contribution in [1.82, 2.24) is 25.3 Å². The van der Waals surface area contributed by atoms with E-state index < -0.39 is 34.7 Å². The molecule has 0 radical (unpaired) electrons. The molecule has 0 saturated carbocycles. The average Bonchev–Trinajstić information content (AvgIpc) is 3.15. The Labute approximate surface area is 163 Å². The lowest BCUT2D eigenvalue weighted by Gasteiger charge is -2.11. The van der Waals surface area contributed by atoms with Crippen molar-refractivity contribution < 1.29 is 22.7 Å². The second-order valence-corrected chi connectivity index (χ2v) is 5.93. The summed E-state index contributed by atoms with van der Waals surface area (Å²) in [7, 11) is 0.979. The summed E-state index contributed by atoms with van der Waals surface area (Å²) in [5.74, 6) is -5.00. The van der Waals surface area contributed by atoms with Gasteiger partial charge in [0.05, 0.1) is 18.4 Å². The summed E-state index contributed by atoms with van der Waals surface area (Å²) in [5, 5.41) is 17.6. The fraction of sp³-hybridized carbons (Fsp3) is 0.222. The zero-order chi connectivity index (χ0) is 21.0. The summed E-state index contributed by atoms with van der Waals surface area (Å²) >= 11 is 0. The van der Waals surface area contributed by atoms with Crippen LogP contribution in [0.5, 0.6) is 5.75 Å². The number of benzene rings is 1. The number of rotatable bonds is 7. The molecule has 3 rings (SSSR count). The molecule has 11 heteroatoms. The number of nitrogens with zero attached hydrogens (tertiary/aromatic N) is 4. The highest BCUT2D eigenvalue weighted by Gasteiger charge is 2.23. The van der Waals surface area contributed by atoms with Gasteiger partial charge in [0.1, 0.15) is 5.82 Å². The summed E-state index contributed by atoms with van der Waals surface area (Å²) in [6.45, 7) is 2.17. The number of hydrogen-bond donors (Lipinski definition) is 2. The molecule has 8 nitrogen and oxygen atoms in total. The third-order valence-electron chi connectivity index (χ3n) is 3.89. The molecule has 3 aromatic rings. The molecule has 0 bridgehead atoms. The van der Waals surface area contributed by atoms with Gasteiger partial charge in [0.25, 0.3) is 5.91 Å². The van der Waals surface area contributed by atoms with Crippen LogP contribution in [0.2, 0.25) is 0 Å². The minimum absolute atomic E-state index is 0.0708. The normalized spacial score (nSPS) is 10.7. The predicted molar refractivity (Wildman–Crippen MR) is 97.6 cm³/mol. The fourth-order valence-electron chi connectivity index (χ4n) is 2.47. The van der Waals surface area contributed by atoms with Crippen molar-refractivity contribution >= 4 is 11.7 Å². The van der Waals surface area contributed by atoms with E-state index in [1.54, 1.807) is 23.0 Å². The van der Waals surface area contributed by atoms with Gasteiger partial charge in [0.2, 0.25) is 5.82 Å². The van der Waals surface area contributed by atoms with Gasteiger partial charge in [0, 0.05) is 19.3 Å². The van der Waals surface area contributed by atoms with Gasteiger partial charge in [0.15, 0.2) is 23.2 Å². The van der Waals surface area contributed by atoms with Crippen LogP contribution in [0.25, 0.3) is 5.82 Å². The molecule has 0 aliphatic heterocycles. The third kappa shape index (κ3) is 4.45. The lowest BCUT2D eigenvalue weighted by molar-refractivity contribution is 0.0949. The van der Waals surface area contributed by atoms with Gasteiger partial charge in [-0.25, -0.2) is 13.5 Å². The van der Waals surface area contributed by atoms with Crippen molar-refractivity contribution in [2.75, 3.05) is 25.5 Å². The summed E-state index contributed by atoms with van der Waals surface area (Å²) in [5.41, 5.74) is 0.194. The smallest absolute Gasteiger partial charge is 0.254 e. The summed E-state index contributed by atoms with van der Waals surface area (Å²) < 4.78 is 47.1. The van der Waals surface area contributed by atoms with Gasteiger partial charge in [-0.05, 0) is 31.2 Å². The molecule has 2 aromatic heterocycles. The summed E-state index contributed by atoms with van der Waals surface area (Å²) in [6, 6.07) is 5.71. The standard InChI is InChI=1S/C18H17F3N6O2/c1-10-5-8-27(26-10)14-4-3-13(24-25-14)22-6-7-23-18(28)11-9-12(19)16(21)17(29-2)15(11)20/h3-5,8-9H,6-7H2,1-2H3,(H,22,24)(H,23,28). The minimum atomic E-state index is -1.49. The average molecular weight is 406 g/mol. The number of aryl methyl sites for hydroxylation is 1. The quantitative estimate of drug-likeness (QED) is 0.462. The van der Waals surface area contributed by atoms with Crippen LogP contribution in [-0.2, 0) is 0 Å². The zero-order valence-corrected chi connectivity index (χ0v) is 15.5. The van der Waals surface area contributed by atoms with Crippen LogP contribution < -0.4 is 15.4 Å². The number of methoxy groups -OCH3 is 1. The van der Waals surface area contributed by atoms with Crippen LogP contribution in [-0.4, -0.2) is 46.1 Å². The van der Waals surface area contributed by atoms with Crippen LogP contribution in [0.1, 0.15) is 16.1 Å². The largest absolute Gasteiger partial charge is 0.491 e. The number of hydrogen-bond acceptors (Lipinski definition) is 6. The maximum absolute atomic E-state index is 14.1. The summed E-state index contributed by atoms with van der Waals surface area (Å²) in [4.78, 5) is 12.1. The molecule has 0 unspecified atom stereocenters. The van der Waals surface area contributed by atoms with E-state index in [1.165, 1.54) is 0 Å². The van der Waals surface area contributed by atoms with E-state index >= 15 is 0 Å². The van der Waals surface area contributed by atoms with E-state index in [0.29, 0.717) is 17.7 Å². The number of carbonyl (C=O) groups is 1. The predicted octanol–water partition coefficient (Wildman–Crippen LogP) is 2.24. The van der Waals surface area contributed by atoms with Crippen molar-refractivity contribution in [1.29, 1.82) is 0 Å². The Morgan fingerprint density at radius 2 is 1.93 bits per heavy atom. The van der Waals surface area contributed by atoms with Crippen LogP contribution in [0.3, 0.4) is 0 Å². The van der Waals surface area contributed by atoms with E-state index in [0.717, 1.165) is 12.8 Å². The maximum atomic E-state index is 14.1. The second-order valence-electron chi connectivity index (χ2n) is 5.93. The van der Waals surface area contributed by atoms with Crippen molar-refractivity contribution in [3.63, 3.8) is 0 Å². The van der Waals surface area contributed by atoms with Gasteiger partial charge >= 0.3 is 0 Å². The van der Waals surface area contributed by atoms with Crippen LogP contribution in [0.4, 0.5) is 19.0 Å². The first kappa shape index (κ1) is 20.1. The Morgan fingerprint density at radius 3 is 2.55 bits per heavy atom. The van der Waals surface area contributed by atoms with Gasteiger partial charge in [-0.3, -0.25) is 4.79 Å². The molecule has 1 amide bonds. The van der Waals surface area contributed by atoms with Gasteiger partial charge in [-0.15, -0.1) is 10.2 Å². The molecule has 1 aromatic carbocycles. The Morgan fingerprint density at radius 1 is 1.14 bits per heavy atom. The van der Waals surface area contributed by atoms with Crippen LogP contribution in [0.15, 0.2) is 30.5 Å². The highest BCUT2D eigenvalue weighted by molar-refractivity contribution is 5.95. The van der Waals surface area contributed by atoms with Gasteiger partial charge in [-0.2, -0.15) is 9.49 Å². The maximum Gasteiger partial charge on any atom is 0.254 e. The van der Waals surface area contributed by atoms with E-state index in [9.17, 15) is 18.0 Å². The van der Waals surface area contributed by atoms with Gasteiger partial charge < -0.3 is 15.4 Å². The lowest BCUT2D eigenvalue weighted by Crippen LogP contribution is -2.30. The van der Waals surface area contributed by atoms with E-state index in [1.807, 2.05) is 13.0 Å². The van der Waals surface area contributed by atoms with Crippen molar-refractivity contribution in [3.05, 3.63) is 59.2 Å². The molecular formula is C18H17F3N6O2. The third-order valence-corrected chi connectivity index (χ3v) is 3.89. The number of carbonyl (C=O) groups excluding carboxylic acids is 1. The lowest BCUT2D eigenvalue weighted by atomic mass is 10.1. The Kier molecular flexibility index (Phi) is 5.96. The summed E-state index contributed by atoms with van der Waals surface area (Å²) in [6.07, 6.45) is 1.76. The number of ether oxygens (including phenoxy) is 1. The highest BCUT2D eigenvalue weighted by Crippen LogP contribution is 2.26. The first-order chi connectivity index (χ1) is 13.9. The molecular weight excluding hydrogens is 389 g/mol. The second kappa shape index (κ2) is 8.59. The minimum Gasteiger partial charge on any atom is -0.491 e. The molecule has 2 heterocycles. The number of amides is 1. The molecule has 0 spiro atoms. The Balaban J connectivity index is 1.54. The van der Waals surface area contributed by atoms with Gasteiger partial charge in [-0.1, -0.05) is 0 Å². The molecule has 0 aliphatic carbocycles. The number of aromatic nitrogens is 4. The van der Waals surface area contributed by atoms with Crippen molar-refractivity contribution in [3.8, 4) is 11.6 Å². The first-order valence-corrected chi connectivity index (χ1v) is 8.50. The molecule has 0 saturated heterocycles. The number of nitrogens with one attached hydrogen (secondary N) is 2. The molecule has 29 heavy (non-hydrogen) atoms. The fourth-order valence-corrected chi connectivity index (χ4v) is 2.47. The van der Waals surface area contributed by atoms with Crippen molar-refractivity contribution in [2.24, 2.45) is 0 Å². The SMILES string of the molecule is COc1c(F)c(F)cc(C(=O)NCCNc2ccc(-n3ccc(C)n3)nn2)c1F. The van der Waals surface area contributed by atoms with Crippen LogP contribution >= 0.6 is 0 Å². The van der Waals surface area contributed by atoms with Crippen LogP contribution in [0, 0.1) is 24.4 Å². The monoisotopic (exact) mass is 406 g/mol.